The van der Waals surface area contributed by atoms with Gasteiger partial charge in [0.2, 0.25) is 0 Å². The molecule has 4 nitrogen and oxygen atoms in total. The van der Waals surface area contributed by atoms with Gasteiger partial charge in [-0.1, -0.05) is 18.3 Å². The minimum absolute atomic E-state index is 0.0124. The van der Waals surface area contributed by atoms with Crippen LogP contribution in [0.2, 0.25) is 0 Å². The number of amides is 1. The van der Waals surface area contributed by atoms with E-state index in [1.165, 1.54) is 36.4 Å². The number of thiocarbonyl (C=S) groups is 1. The van der Waals surface area contributed by atoms with Crippen molar-refractivity contribution in [1.29, 1.82) is 0 Å². The van der Waals surface area contributed by atoms with Crippen LogP contribution in [0.3, 0.4) is 0 Å². The molecular weight excluding hydrogens is 279 g/mol. The Morgan fingerprint density at radius 3 is 2.55 bits per heavy atom. The molecule has 0 aliphatic heterocycles. The van der Waals surface area contributed by atoms with Crippen LogP contribution in [0.15, 0.2) is 42.5 Å². The van der Waals surface area contributed by atoms with Crippen molar-refractivity contribution in [2.24, 2.45) is 5.73 Å². The number of anilines is 1. The van der Waals surface area contributed by atoms with E-state index in [4.69, 9.17) is 18.0 Å². The van der Waals surface area contributed by atoms with Crippen LogP contribution in [0, 0.1) is 5.82 Å². The van der Waals surface area contributed by atoms with Gasteiger partial charge in [0.25, 0.3) is 5.91 Å². The number of nitrogens with two attached hydrogens (primary N) is 1. The van der Waals surface area contributed by atoms with Gasteiger partial charge in [0.05, 0.1) is 5.69 Å². The molecule has 6 heteroatoms. The van der Waals surface area contributed by atoms with Crippen molar-refractivity contribution >= 4 is 28.8 Å². The van der Waals surface area contributed by atoms with Crippen molar-refractivity contribution in [2.75, 3.05) is 5.32 Å². The number of rotatable bonds is 3. The minimum Gasteiger partial charge on any atom is -0.508 e. The Labute approximate surface area is 120 Å². The molecule has 0 aromatic heterocycles. The smallest absolute Gasteiger partial charge is 0.255 e. The molecule has 0 aliphatic carbocycles. The molecule has 0 atom stereocenters. The van der Waals surface area contributed by atoms with Crippen LogP contribution in [0.5, 0.6) is 5.75 Å². The van der Waals surface area contributed by atoms with Crippen LogP contribution in [0.25, 0.3) is 0 Å². The number of carbonyl (C=O) groups is 1. The molecule has 0 heterocycles. The van der Waals surface area contributed by atoms with Crippen LogP contribution in [0.4, 0.5) is 10.1 Å². The van der Waals surface area contributed by atoms with E-state index in [-0.39, 0.29) is 22.0 Å². The Morgan fingerprint density at radius 1 is 1.20 bits per heavy atom. The van der Waals surface area contributed by atoms with Gasteiger partial charge in [0, 0.05) is 11.1 Å². The summed E-state index contributed by atoms with van der Waals surface area (Å²) < 4.78 is 13.8. The zero-order valence-corrected chi connectivity index (χ0v) is 11.1. The number of hydrogen-bond donors (Lipinski definition) is 3. The molecule has 0 bridgehead atoms. The summed E-state index contributed by atoms with van der Waals surface area (Å²) in [7, 11) is 0. The summed E-state index contributed by atoms with van der Waals surface area (Å²) >= 11 is 4.74. The van der Waals surface area contributed by atoms with E-state index in [2.05, 4.69) is 5.32 Å². The maximum absolute atomic E-state index is 13.8. The second kappa shape index (κ2) is 5.66. The van der Waals surface area contributed by atoms with E-state index in [9.17, 15) is 14.3 Å². The van der Waals surface area contributed by atoms with E-state index in [1.54, 1.807) is 0 Å². The molecule has 0 saturated carbocycles. The first-order valence-corrected chi connectivity index (χ1v) is 6.08. The monoisotopic (exact) mass is 290 g/mol. The van der Waals surface area contributed by atoms with E-state index in [0.29, 0.717) is 5.56 Å². The lowest BCUT2D eigenvalue weighted by Crippen LogP contribution is -2.14. The zero-order chi connectivity index (χ0) is 14.7. The number of phenolic OH excluding ortho intramolecular Hbond substituents is 1. The summed E-state index contributed by atoms with van der Waals surface area (Å²) in [6, 6.07) is 9.81. The zero-order valence-electron chi connectivity index (χ0n) is 10.3. The average molecular weight is 290 g/mol. The van der Waals surface area contributed by atoms with Gasteiger partial charge in [-0.25, -0.2) is 4.39 Å². The molecule has 0 aliphatic rings. The lowest BCUT2D eigenvalue weighted by Gasteiger charge is -2.08. The first-order valence-electron chi connectivity index (χ1n) is 5.67. The number of aromatic hydroxyl groups is 1. The van der Waals surface area contributed by atoms with Crippen molar-refractivity contribution in [2.45, 2.75) is 0 Å². The summed E-state index contributed by atoms with van der Waals surface area (Å²) in [6.45, 7) is 0. The van der Waals surface area contributed by atoms with Gasteiger partial charge in [-0.05, 0) is 36.4 Å². The Balaban J connectivity index is 2.22. The van der Waals surface area contributed by atoms with Crippen molar-refractivity contribution in [1.82, 2.24) is 0 Å². The normalized spacial score (nSPS) is 10.1. The fourth-order valence-electron chi connectivity index (χ4n) is 1.61. The maximum atomic E-state index is 13.8. The molecule has 4 N–H and O–H groups in total. The topological polar surface area (TPSA) is 75.3 Å². The summed E-state index contributed by atoms with van der Waals surface area (Å²) in [5.41, 5.74) is 6.01. The largest absolute Gasteiger partial charge is 0.508 e. The highest BCUT2D eigenvalue weighted by atomic mass is 32.1. The quantitative estimate of drug-likeness (QED) is 0.759. The molecule has 0 spiro atoms. The second-order valence-corrected chi connectivity index (χ2v) is 4.50. The van der Waals surface area contributed by atoms with Gasteiger partial charge in [-0.2, -0.15) is 0 Å². The molecule has 2 aromatic rings. The summed E-state index contributed by atoms with van der Waals surface area (Å²) in [5, 5.41) is 11.7. The van der Waals surface area contributed by atoms with Crippen LogP contribution >= 0.6 is 12.2 Å². The third kappa shape index (κ3) is 3.10. The third-order valence-corrected chi connectivity index (χ3v) is 2.85. The molecule has 0 fully saturated rings. The fraction of sp³-hybridized carbons (Fsp3) is 0. The van der Waals surface area contributed by atoms with Crippen LogP contribution < -0.4 is 11.1 Å². The van der Waals surface area contributed by atoms with Crippen molar-refractivity contribution in [3.8, 4) is 5.75 Å². The highest BCUT2D eigenvalue weighted by Gasteiger charge is 2.11. The van der Waals surface area contributed by atoms with E-state index in [0.717, 1.165) is 6.07 Å². The summed E-state index contributed by atoms with van der Waals surface area (Å²) in [5.74, 6) is -1.20. The predicted octanol–water partition coefficient (Wildman–Crippen LogP) is 2.42. The molecule has 0 saturated heterocycles. The van der Waals surface area contributed by atoms with E-state index < -0.39 is 11.7 Å². The van der Waals surface area contributed by atoms with Crippen LogP contribution in [-0.4, -0.2) is 16.0 Å². The maximum Gasteiger partial charge on any atom is 0.255 e. The molecule has 20 heavy (non-hydrogen) atoms. The van der Waals surface area contributed by atoms with Crippen LogP contribution in [-0.2, 0) is 0 Å². The van der Waals surface area contributed by atoms with Gasteiger partial charge in [0.1, 0.15) is 16.6 Å². The molecule has 2 aromatic carbocycles. The standard InChI is InChI=1S/C14H11FN2O2S/c15-11-7-8(13(16)20)4-5-12(11)17-14(19)9-2-1-3-10(18)6-9/h1-7,18H,(H2,16,20)(H,17,19). The first kappa shape index (κ1) is 14.0. The number of nitrogens with one attached hydrogen (secondary N) is 1. The first-order chi connectivity index (χ1) is 9.47. The Morgan fingerprint density at radius 2 is 1.95 bits per heavy atom. The molecule has 0 radical (unpaired) electrons. The summed E-state index contributed by atoms with van der Waals surface area (Å²) in [4.78, 5) is 12.0. The Hall–Kier alpha value is -2.47. The molecule has 1 amide bonds. The predicted molar refractivity (Wildman–Crippen MR) is 78.3 cm³/mol. The van der Waals surface area contributed by atoms with Crippen molar-refractivity contribution in [3.63, 3.8) is 0 Å². The van der Waals surface area contributed by atoms with Crippen molar-refractivity contribution in [3.05, 3.63) is 59.4 Å². The van der Waals surface area contributed by atoms with Gasteiger partial charge in [-0.3, -0.25) is 4.79 Å². The van der Waals surface area contributed by atoms with Gasteiger partial charge < -0.3 is 16.2 Å². The van der Waals surface area contributed by atoms with E-state index in [1.807, 2.05) is 0 Å². The van der Waals surface area contributed by atoms with Gasteiger partial charge in [0.15, 0.2) is 0 Å². The minimum atomic E-state index is -0.635. The fourth-order valence-corrected chi connectivity index (χ4v) is 1.74. The number of hydrogen-bond acceptors (Lipinski definition) is 3. The van der Waals surface area contributed by atoms with E-state index >= 15 is 0 Å². The van der Waals surface area contributed by atoms with Crippen molar-refractivity contribution < 1.29 is 14.3 Å². The number of halogens is 1. The molecular formula is C14H11FN2O2S. The lowest BCUT2D eigenvalue weighted by atomic mass is 10.1. The van der Waals surface area contributed by atoms with Gasteiger partial charge >= 0.3 is 0 Å². The van der Waals surface area contributed by atoms with Gasteiger partial charge in [-0.15, -0.1) is 0 Å². The Bertz CT molecular complexity index is 689. The molecule has 0 unspecified atom stereocenters. The molecule has 102 valence electrons. The number of phenols is 1. The molecule has 2 rings (SSSR count). The Kier molecular flexibility index (Phi) is 3.95. The highest BCUT2D eigenvalue weighted by Crippen LogP contribution is 2.18. The average Bonchev–Trinajstić information content (AvgIpc) is 2.40. The summed E-state index contributed by atoms with van der Waals surface area (Å²) in [6.07, 6.45) is 0. The number of carbonyl (C=O) groups excluding carboxylic acids is 1. The number of benzene rings is 2. The highest BCUT2D eigenvalue weighted by molar-refractivity contribution is 7.80. The SMILES string of the molecule is NC(=S)c1ccc(NC(=O)c2cccc(O)c2)c(F)c1. The third-order valence-electron chi connectivity index (χ3n) is 2.61. The second-order valence-electron chi connectivity index (χ2n) is 4.06. The lowest BCUT2D eigenvalue weighted by molar-refractivity contribution is 0.102. The van der Waals surface area contributed by atoms with Crippen LogP contribution in [0.1, 0.15) is 15.9 Å².